The highest BCUT2D eigenvalue weighted by Gasteiger charge is 2.94. The van der Waals surface area contributed by atoms with Crippen LogP contribution in [-0.2, 0) is 42.4 Å². The lowest BCUT2D eigenvalue weighted by atomic mass is 10.0. The van der Waals surface area contributed by atoms with Crippen molar-refractivity contribution in [2.75, 3.05) is 12.4 Å². The second-order valence-electron chi connectivity index (χ2n) is 12.9. The van der Waals surface area contributed by atoms with Crippen LogP contribution >= 0.6 is 7.75 Å². The summed E-state index contributed by atoms with van der Waals surface area (Å²) in [5.74, 6) is -3.47. The number of alkyl halides is 1. The monoisotopic (exact) mass is 705 g/mol. The summed E-state index contributed by atoms with van der Waals surface area (Å²) in [6, 6.07) is 9.86. The number of carbonyl (C=O) groups is 3. The Morgan fingerprint density at radius 1 is 1.02 bits per heavy atom. The normalized spacial score (nSPS) is 26.3. The molecule has 2 fully saturated rings. The first-order chi connectivity index (χ1) is 23.1. The first-order valence-electron chi connectivity index (χ1n) is 15.9. The number of nitrogens with two attached hydrogens (primary N) is 1. The summed E-state index contributed by atoms with van der Waals surface area (Å²) in [5.41, 5.74) is 2.37. The lowest BCUT2D eigenvalue weighted by Crippen LogP contribution is -2.45. The van der Waals surface area contributed by atoms with Crippen LogP contribution in [0.4, 0.5) is 10.2 Å². The van der Waals surface area contributed by atoms with Crippen LogP contribution in [0.1, 0.15) is 60.3 Å². The highest BCUT2D eigenvalue weighted by Crippen LogP contribution is 2.71. The molecule has 3 heterocycles. The number of benzene rings is 1. The molecule has 15 nitrogen and oxygen atoms in total. The SMILES string of the molecule is CC(C)OC(=O)[C@H](C)N[P@@](=O)(Oc1ccccc1)OC1[C@@]2(CF)O[C@@H](c3ccc4c(N)ncnn34)[C@H](OC(=O)C(C)C)[C@@]12OC(=O)C(C)C. The molecule has 2 aromatic heterocycles. The molecule has 0 radical (unpaired) electrons. The lowest BCUT2D eigenvalue weighted by molar-refractivity contribution is -0.181. The van der Waals surface area contributed by atoms with Crippen molar-refractivity contribution in [2.45, 2.75) is 90.1 Å². The van der Waals surface area contributed by atoms with Gasteiger partial charge in [0.05, 0.1) is 23.6 Å². The minimum Gasteiger partial charge on any atom is -0.462 e. The number of para-hydroxylation sites is 1. The van der Waals surface area contributed by atoms with Gasteiger partial charge in [0.25, 0.3) is 0 Å². The Labute approximate surface area is 282 Å². The zero-order valence-electron chi connectivity index (χ0n) is 28.2. The molecule has 17 heteroatoms. The average Bonchev–Trinajstić information content (AvgIpc) is 3.28. The van der Waals surface area contributed by atoms with Crippen molar-refractivity contribution in [1.82, 2.24) is 19.7 Å². The molecule has 0 amide bonds. The van der Waals surface area contributed by atoms with E-state index in [1.54, 1.807) is 71.9 Å². The van der Waals surface area contributed by atoms with Crippen molar-refractivity contribution < 1.29 is 51.3 Å². The third-order valence-electron chi connectivity index (χ3n) is 8.15. The average molecular weight is 706 g/mol. The molecule has 266 valence electrons. The van der Waals surface area contributed by atoms with Crippen molar-refractivity contribution in [3.05, 3.63) is 54.5 Å². The molecule has 49 heavy (non-hydrogen) atoms. The van der Waals surface area contributed by atoms with Gasteiger partial charge in [0.2, 0.25) is 5.60 Å². The first kappa shape index (κ1) is 36.2. The first-order valence-corrected chi connectivity index (χ1v) is 17.4. The van der Waals surface area contributed by atoms with E-state index in [0.717, 1.165) is 0 Å². The van der Waals surface area contributed by atoms with Crippen molar-refractivity contribution in [1.29, 1.82) is 0 Å². The number of anilines is 1. The van der Waals surface area contributed by atoms with Gasteiger partial charge in [-0.2, -0.15) is 10.2 Å². The van der Waals surface area contributed by atoms with Gasteiger partial charge in [-0.25, -0.2) is 18.5 Å². The largest absolute Gasteiger partial charge is 0.462 e. The van der Waals surface area contributed by atoms with Crippen molar-refractivity contribution in [3.8, 4) is 5.75 Å². The number of fused-ring (bicyclic) bond motifs is 2. The topological polar surface area (TPSA) is 192 Å². The summed E-state index contributed by atoms with van der Waals surface area (Å²) in [4.78, 5) is 43.4. The molecular weight excluding hydrogens is 664 g/mol. The molecule has 0 bridgehead atoms. The van der Waals surface area contributed by atoms with E-state index < -0.39 is 85.8 Å². The van der Waals surface area contributed by atoms with Crippen molar-refractivity contribution in [3.63, 3.8) is 0 Å². The number of nitrogen functional groups attached to an aromatic ring is 1. The summed E-state index contributed by atoms with van der Waals surface area (Å²) >= 11 is 0. The number of hydrogen-bond donors (Lipinski definition) is 2. The van der Waals surface area contributed by atoms with Crippen LogP contribution in [0.2, 0.25) is 0 Å². The van der Waals surface area contributed by atoms with Gasteiger partial charge in [-0.15, -0.1) is 0 Å². The Morgan fingerprint density at radius 3 is 2.31 bits per heavy atom. The molecule has 2 aliphatic rings. The van der Waals surface area contributed by atoms with Gasteiger partial charge in [-0.3, -0.25) is 18.9 Å². The quantitative estimate of drug-likeness (QED) is 0.138. The van der Waals surface area contributed by atoms with Crippen molar-refractivity contribution >= 4 is 37.0 Å². The van der Waals surface area contributed by atoms with Crippen LogP contribution in [0.25, 0.3) is 5.52 Å². The number of rotatable bonds is 14. The van der Waals surface area contributed by atoms with Crippen LogP contribution in [0.15, 0.2) is 48.8 Å². The molecule has 1 saturated heterocycles. The molecule has 0 spiro atoms. The number of halogens is 1. The summed E-state index contributed by atoms with van der Waals surface area (Å²) in [6.45, 7) is 9.63. The Kier molecular flexibility index (Phi) is 10.1. The second kappa shape index (κ2) is 13.7. The van der Waals surface area contributed by atoms with Gasteiger partial charge in [0, 0.05) is 0 Å². The number of nitrogens with one attached hydrogen (secondary N) is 1. The molecule has 7 atom stereocenters. The number of ether oxygens (including phenoxy) is 4. The van der Waals surface area contributed by atoms with Gasteiger partial charge < -0.3 is 29.2 Å². The number of carbonyl (C=O) groups excluding carboxylic acids is 3. The van der Waals surface area contributed by atoms with Gasteiger partial charge in [0.15, 0.2) is 23.6 Å². The molecule has 3 aromatic rings. The van der Waals surface area contributed by atoms with Gasteiger partial charge in [-0.1, -0.05) is 45.9 Å². The lowest BCUT2D eigenvalue weighted by Gasteiger charge is -2.31. The maximum atomic E-state index is 15.7. The predicted octanol–water partition coefficient (Wildman–Crippen LogP) is 4.11. The predicted molar refractivity (Wildman–Crippen MR) is 172 cm³/mol. The Morgan fingerprint density at radius 2 is 1.69 bits per heavy atom. The fraction of sp³-hybridized carbons (Fsp3) is 0.531. The van der Waals surface area contributed by atoms with E-state index in [-0.39, 0.29) is 17.3 Å². The van der Waals surface area contributed by atoms with E-state index in [2.05, 4.69) is 15.2 Å². The van der Waals surface area contributed by atoms with E-state index in [1.807, 2.05) is 0 Å². The highest BCUT2D eigenvalue weighted by molar-refractivity contribution is 7.52. The van der Waals surface area contributed by atoms with Crippen LogP contribution in [0, 0.1) is 11.8 Å². The standard InChI is InChI=1S/C32H41FN5O10P/c1-17(2)27(39)44-25-24(22-13-14-23-26(34)35-16-36-38(22)23)45-31(15-33)30(32(25,31)46-28(40)18(3)4)48-49(42,47-21-11-9-8-10-12-21)37-20(7)29(41)43-19(5)6/h8-14,16-20,24-25,30H,15H2,1-7H3,(H,37,42)(H2,34,35,36)/t20-,24-,25-,30?,31+,32+,49+/m0/s1. The van der Waals surface area contributed by atoms with E-state index in [0.29, 0.717) is 5.52 Å². The Hall–Kier alpha value is -4.11. The minimum atomic E-state index is -4.68. The van der Waals surface area contributed by atoms with E-state index in [4.69, 9.17) is 33.7 Å². The third kappa shape index (κ3) is 6.62. The number of hydrogen-bond acceptors (Lipinski definition) is 13. The fourth-order valence-corrected chi connectivity index (χ4v) is 7.39. The van der Waals surface area contributed by atoms with E-state index >= 15 is 4.39 Å². The molecule has 1 aliphatic heterocycles. The summed E-state index contributed by atoms with van der Waals surface area (Å²) < 4.78 is 67.2. The zero-order chi connectivity index (χ0) is 35.9. The number of esters is 3. The van der Waals surface area contributed by atoms with Crippen LogP contribution in [0.3, 0.4) is 0 Å². The maximum Gasteiger partial charge on any atom is 0.459 e. The molecule has 1 aromatic carbocycles. The summed E-state index contributed by atoms with van der Waals surface area (Å²) in [5, 5.41) is 6.81. The highest BCUT2D eigenvalue weighted by atomic mass is 31.2. The third-order valence-corrected chi connectivity index (χ3v) is 9.80. The number of nitrogens with zero attached hydrogens (tertiary/aromatic N) is 3. The minimum absolute atomic E-state index is 0.0783. The summed E-state index contributed by atoms with van der Waals surface area (Å²) in [6.07, 6.45) is -3.78. The van der Waals surface area contributed by atoms with Gasteiger partial charge in [-0.05, 0) is 45.0 Å². The van der Waals surface area contributed by atoms with Gasteiger partial charge in [0.1, 0.15) is 36.4 Å². The van der Waals surface area contributed by atoms with Crippen LogP contribution in [-0.4, -0.2) is 74.7 Å². The number of aromatic nitrogens is 3. The maximum absolute atomic E-state index is 15.7. The second-order valence-corrected chi connectivity index (χ2v) is 14.5. The van der Waals surface area contributed by atoms with Crippen LogP contribution in [0.5, 0.6) is 5.75 Å². The van der Waals surface area contributed by atoms with Crippen LogP contribution < -0.4 is 15.3 Å². The molecule has 3 N–H and O–H groups in total. The Bertz CT molecular complexity index is 1760. The molecule has 1 unspecified atom stereocenters. The Balaban J connectivity index is 1.62. The van der Waals surface area contributed by atoms with Crippen molar-refractivity contribution in [2.24, 2.45) is 11.8 Å². The summed E-state index contributed by atoms with van der Waals surface area (Å²) in [7, 11) is -4.68. The molecule has 1 saturated carbocycles. The molecular formula is C32H41FN5O10P. The smallest absolute Gasteiger partial charge is 0.459 e. The van der Waals surface area contributed by atoms with E-state index in [1.165, 1.54) is 29.9 Å². The fourth-order valence-electron chi connectivity index (χ4n) is 5.65. The van der Waals surface area contributed by atoms with E-state index in [9.17, 15) is 18.9 Å². The zero-order valence-corrected chi connectivity index (χ0v) is 29.1. The molecule has 1 aliphatic carbocycles. The van der Waals surface area contributed by atoms with Gasteiger partial charge >= 0.3 is 25.7 Å². The molecule has 5 rings (SSSR count).